The number of carbonyl (C=O) groups is 2. The van der Waals surface area contributed by atoms with Crippen molar-refractivity contribution in [1.82, 2.24) is 10.2 Å². The molecule has 4 atom stereocenters. The van der Waals surface area contributed by atoms with Crippen molar-refractivity contribution in [3.63, 3.8) is 0 Å². The highest BCUT2D eigenvalue weighted by molar-refractivity contribution is 5.82. The van der Waals surface area contributed by atoms with Gasteiger partial charge in [-0.3, -0.25) is 9.69 Å². The van der Waals surface area contributed by atoms with E-state index in [1.807, 2.05) is 20.8 Å². The molecule has 2 aliphatic rings. The van der Waals surface area contributed by atoms with Gasteiger partial charge in [0.15, 0.2) is 0 Å². The van der Waals surface area contributed by atoms with Crippen molar-refractivity contribution in [3.05, 3.63) is 0 Å². The number of nitrogens with zero attached hydrogens (tertiary/aromatic N) is 1. The van der Waals surface area contributed by atoms with Gasteiger partial charge in [-0.15, -0.1) is 0 Å². The molecule has 2 saturated carbocycles. The Morgan fingerprint density at radius 1 is 1.24 bits per heavy atom. The number of carbonyl (C=O) groups excluding carboxylic acids is 2. The van der Waals surface area contributed by atoms with Crippen LogP contribution < -0.4 is 5.32 Å². The zero-order valence-electron chi connectivity index (χ0n) is 16.3. The van der Waals surface area contributed by atoms with Crippen molar-refractivity contribution in [2.24, 2.45) is 17.8 Å². The summed E-state index contributed by atoms with van der Waals surface area (Å²) < 4.78 is 10.4. The lowest BCUT2D eigenvalue weighted by Gasteiger charge is -2.30. The summed E-state index contributed by atoms with van der Waals surface area (Å²) in [5.74, 6) is 2.07. The molecule has 6 nitrogen and oxygen atoms in total. The van der Waals surface area contributed by atoms with E-state index in [1.165, 1.54) is 30.6 Å². The van der Waals surface area contributed by atoms with E-state index < -0.39 is 11.7 Å². The summed E-state index contributed by atoms with van der Waals surface area (Å²) in [6.45, 7) is 8.25. The first-order chi connectivity index (χ1) is 11.7. The Morgan fingerprint density at radius 2 is 1.96 bits per heavy atom. The molecule has 0 aliphatic heterocycles. The summed E-state index contributed by atoms with van der Waals surface area (Å²) in [6.07, 6.45) is 4.72. The van der Waals surface area contributed by atoms with Gasteiger partial charge >= 0.3 is 6.09 Å². The maximum absolute atomic E-state index is 12.5. The molecule has 2 fully saturated rings. The van der Waals surface area contributed by atoms with E-state index in [9.17, 15) is 9.59 Å². The van der Waals surface area contributed by atoms with Crippen LogP contribution in [-0.4, -0.2) is 55.3 Å². The largest absolute Gasteiger partial charge is 0.444 e. The van der Waals surface area contributed by atoms with E-state index in [0.29, 0.717) is 19.1 Å². The normalized spacial score (nSPS) is 26.4. The molecule has 0 aromatic heterocycles. The second-order valence-corrected chi connectivity index (χ2v) is 8.59. The van der Waals surface area contributed by atoms with Gasteiger partial charge in [-0.2, -0.15) is 0 Å². The molecule has 2 amide bonds. The van der Waals surface area contributed by atoms with E-state index in [-0.39, 0.29) is 18.5 Å². The van der Waals surface area contributed by atoms with Gasteiger partial charge in [0.1, 0.15) is 12.1 Å². The van der Waals surface area contributed by atoms with Crippen LogP contribution in [0.3, 0.4) is 0 Å². The van der Waals surface area contributed by atoms with Crippen molar-refractivity contribution in [1.29, 1.82) is 0 Å². The third kappa shape index (κ3) is 5.87. The van der Waals surface area contributed by atoms with Crippen molar-refractivity contribution < 1.29 is 19.1 Å². The van der Waals surface area contributed by atoms with E-state index in [1.54, 1.807) is 7.11 Å². The second kappa shape index (κ2) is 8.39. The molecule has 6 heteroatoms. The smallest absolute Gasteiger partial charge is 0.410 e. The first-order valence-electron chi connectivity index (χ1n) is 9.46. The van der Waals surface area contributed by atoms with E-state index >= 15 is 0 Å². The van der Waals surface area contributed by atoms with E-state index in [2.05, 4.69) is 12.2 Å². The summed E-state index contributed by atoms with van der Waals surface area (Å²) in [6, 6.07) is 0.158. The van der Waals surface area contributed by atoms with Crippen LogP contribution in [0.15, 0.2) is 0 Å². The number of rotatable bonds is 7. The highest BCUT2D eigenvalue weighted by Gasteiger charge is 2.42. The van der Waals surface area contributed by atoms with Crippen LogP contribution in [0.4, 0.5) is 4.79 Å². The van der Waals surface area contributed by atoms with Gasteiger partial charge in [0.05, 0.1) is 6.61 Å². The van der Waals surface area contributed by atoms with Crippen molar-refractivity contribution in [2.75, 3.05) is 26.8 Å². The minimum absolute atomic E-state index is 0.00340. The second-order valence-electron chi connectivity index (χ2n) is 8.59. The fourth-order valence-electron chi connectivity index (χ4n) is 4.25. The topological polar surface area (TPSA) is 67.9 Å². The molecular formula is C19H34N2O4. The van der Waals surface area contributed by atoms with Crippen LogP contribution in [0.2, 0.25) is 0 Å². The first-order valence-corrected chi connectivity index (χ1v) is 9.46. The van der Waals surface area contributed by atoms with E-state index in [0.717, 1.165) is 11.8 Å². The predicted molar refractivity (Wildman–Crippen MR) is 96.2 cm³/mol. The minimum Gasteiger partial charge on any atom is -0.444 e. The van der Waals surface area contributed by atoms with Crippen LogP contribution in [0.5, 0.6) is 0 Å². The van der Waals surface area contributed by atoms with Crippen LogP contribution in [0.1, 0.15) is 53.4 Å². The highest BCUT2D eigenvalue weighted by Crippen LogP contribution is 2.49. The molecule has 4 unspecified atom stereocenters. The van der Waals surface area contributed by atoms with E-state index in [4.69, 9.17) is 9.47 Å². The van der Waals surface area contributed by atoms with Gasteiger partial charge in [0, 0.05) is 19.7 Å². The Kier molecular flexibility index (Phi) is 6.72. The zero-order valence-corrected chi connectivity index (χ0v) is 16.3. The molecule has 0 heterocycles. The van der Waals surface area contributed by atoms with Gasteiger partial charge in [-0.1, -0.05) is 6.42 Å². The van der Waals surface area contributed by atoms with Gasteiger partial charge in [-0.05, 0) is 64.7 Å². The lowest BCUT2D eigenvalue weighted by Crippen LogP contribution is -2.48. The highest BCUT2D eigenvalue weighted by atomic mass is 16.6. The fraction of sp³-hybridized carbons (Fsp3) is 0.895. The average molecular weight is 354 g/mol. The monoisotopic (exact) mass is 354 g/mol. The molecule has 0 aromatic carbocycles. The molecule has 144 valence electrons. The van der Waals surface area contributed by atoms with Crippen LogP contribution in [-0.2, 0) is 14.3 Å². The number of ether oxygens (including phenoxy) is 2. The SMILES string of the molecule is COCCN(CC(=O)NC(C)C1CC2CCC1C2)C(=O)OC(C)(C)C. The third-order valence-electron chi connectivity index (χ3n) is 5.38. The number of fused-ring (bicyclic) bond motifs is 2. The minimum atomic E-state index is -0.588. The lowest BCUT2D eigenvalue weighted by atomic mass is 9.84. The lowest BCUT2D eigenvalue weighted by molar-refractivity contribution is -0.123. The molecule has 2 rings (SSSR count). The molecule has 2 bridgehead atoms. The zero-order chi connectivity index (χ0) is 18.6. The number of methoxy groups -OCH3 is 1. The Morgan fingerprint density at radius 3 is 2.48 bits per heavy atom. The third-order valence-corrected chi connectivity index (χ3v) is 5.38. The standard InChI is InChI=1S/C19H34N2O4/c1-13(16-11-14-6-7-15(16)10-14)20-17(22)12-21(8-9-24-5)18(23)25-19(2,3)4/h13-16H,6-12H2,1-5H3,(H,20,22). The van der Waals surface area contributed by atoms with Crippen molar-refractivity contribution in [2.45, 2.75) is 65.0 Å². The Balaban J connectivity index is 1.86. The molecule has 1 N–H and O–H groups in total. The Bertz CT molecular complexity index is 475. The number of hydrogen-bond acceptors (Lipinski definition) is 4. The summed E-state index contributed by atoms with van der Waals surface area (Å²) in [5, 5.41) is 3.10. The molecule has 0 spiro atoms. The number of amides is 2. The average Bonchev–Trinajstić information content (AvgIpc) is 3.12. The van der Waals surface area contributed by atoms with Crippen LogP contribution in [0, 0.1) is 17.8 Å². The summed E-state index contributed by atoms with van der Waals surface area (Å²) in [5.41, 5.74) is -0.588. The molecular weight excluding hydrogens is 320 g/mol. The van der Waals surface area contributed by atoms with Gasteiger partial charge in [0.2, 0.25) is 5.91 Å². The molecule has 0 saturated heterocycles. The summed E-state index contributed by atoms with van der Waals surface area (Å²) in [7, 11) is 1.57. The molecule has 2 aliphatic carbocycles. The number of nitrogens with one attached hydrogen (secondary N) is 1. The van der Waals surface area contributed by atoms with Gasteiger partial charge < -0.3 is 14.8 Å². The molecule has 0 radical (unpaired) electrons. The first kappa shape index (κ1) is 20.0. The Hall–Kier alpha value is -1.30. The summed E-state index contributed by atoms with van der Waals surface area (Å²) in [4.78, 5) is 26.2. The maximum Gasteiger partial charge on any atom is 0.410 e. The predicted octanol–water partition coefficient (Wildman–Crippen LogP) is 2.81. The van der Waals surface area contributed by atoms with Gasteiger partial charge in [0.25, 0.3) is 0 Å². The maximum atomic E-state index is 12.5. The van der Waals surface area contributed by atoms with Crippen LogP contribution >= 0.6 is 0 Å². The molecule has 0 aromatic rings. The summed E-state index contributed by atoms with van der Waals surface area (Å²) >= 11 is 0. The fourth-order valence-corrected chi connectivity index (χ4v) is 4.25. The quantitative estimate of drug-likeness (QED) is 0.763. The molecule has 25 heavy (non-hydrogen) atoms. The van der Waals surface area contributed by atoms with Gasteiger partial charge in [-0.25, -0.2) is 4.79 Å². The van der Waals surface area contributed by atoms with Crippen molar-refractivity contribution >= 4 is 12.0 Å². The Labute approximate surface area is 151 Å². The number of hydrogen-bond donors (Lipinski definition) is 1. The van der Waals surface area contributed by atoms with Crippen molar-refractivity contribution in [3.8, 4) is 0 Å². The van der Waals surface area contributed by atoms with Crippen LogP contribution in [0.25, 0.3) is 0 Å².